The highest BCUT2D eigenvalue weighted by molar-refractivity contribution is 8.03. The van der Waals surface area contributed by atoms with Gasteiger partial charge in [0.15, 0.2) is 5.82 Å². The van der Waals surface area contributed by atoms with Gasteiger partial charge in [0.2, 0.25) is 0 Å². The molecule has 2 heterocycles. The molecule has 140 valence electrons. The number of rotatable bonds is 4. The van der Waals surface area contributed by atoms with Crippen LogP contribution in [0.2, 0.25) is 0 Å². The van der Waals surface area contributed by atoms with Crippen LogP contribution >= 0.6 is 11.8 Å². The molecule has 2 aromatic carbocycles. The van der Waals surface area contributed by atoms with Crippen LogP contribution in [0.5, 0.6) is 0 Å². The second kappa shape index (κ2) is 7.56. The molecule has 0 spiro atoms. The highest BCUT2D eigenvalue weighted by atomic mass is 32.2. The third-order valence-corrected chi connectivity index (χ3v) is 5.99. The van der Waals surface area contributed by atoms with Crippen molar-refractivity contribution >= 4 is 28.7 Å². The molecule has 1 aromatic heterocycles. The van der Waals surface area contributed by atoms with Crippen LogP contribution in [0, 0.1) is 6.92 Å². The standard InChI is InChI=1S/C24H23N3S/c1-17-9-5-8-12-23(17)28-18(2)15-19-16-22(24-25-13-14-26(24)3)27(4)21-11-7-6-10-20(19)21/h5-16H,2H2,1,3-4H3/b19-15+. The highest BCUT2D eigenvalue weighted by Gasteiger charge is 2.22. The van der Waals surface area contributed by atoms with E-state index >= 15 is 0 Å². The molecular formula is C24H23N3S. The fourth-order valence-corrected chi connectivity index (χ4v) is 4.27. The van der Waals surface area contributed by atoms with Crippen LogP contribution < -0.4 is 4.90 Å². The molecule has 4 heteroatoms. The quantitative estimate of drug-likeness (QED) is 0.521. The minimum Gasteiger partial charge on any atom is -0.341 e. The lowest BCUT2D eigenvalue weighted by atomic mass is 9.97. The average molecular weight is 386 g/mol. The minimum atomic E-state index is 0.945. The summed E-state index contributed by atoms with van der Waals surface area (Å²) in [6.07, 6.45) is 8.18. The van der Waals surface area contributed by atoms with Gasteiger partial charge >= 0.3 is 0 Å². The van der Waals surface area contributed by atoms with E-state index in [1.165, 1.54) is 21.7 Å². The van der Waals surface area contributed by atoms with Crippen molar-refractivity contribution in [1.29, 1.82) is 0 Å². The monoisotopic (exact) mass is 385 g/mol. The van der Waals surface area contributed by atoms with Crippen LogP contribution in [0.25, 0.3) is 11.3 Å². The molecule has 0 N–H and O–H groups in total. The lowest BCUT2D eigenvalue weighted by Gasteiger charge is -2.30. The molecule has 0 bridgehead atoms. The zero-order valence-electron chi connectivity index (χ0n) is 16.4. The molecule has 0 atom stereocenters. The molecular weight excluding hydrogens is 362 g/mol. The van der Waals surface area contributed by atoms with Gasteiger partial charge in [-0.3, -0.25) is 0 Å². The Morgan fingerprint density at radius 2 is 1.82 bits per heavy atom. The molecule has 0 saturated carbocycles. The number of allylic oxidation sites excluding steroid dienone is 3. The summed E-state index contributed by atoms with van der Waals surface area (Å²) in [5.74, 6) is 0.945. The number of fused-ring (bicyclic) bond motifs is 1. The number of thioether (sulfide) groups is 1. The van der Waals surface area contributed by atoms with E-state index in [1.807, 2.05) is 24.0 Å². The average Bonchev–Trinajstić information content (AvgIpc) is 3.12. The summed E-state index contributed by atoms with van der Waals surface area (Å²) in [5, 5.41) is 0. The van der Waals surface area contributed by atoms with Crippen molar-refractivity contribution in [3.05, 3.63) is 102 Å². The van der Waals surface area contributed by atoms with E-state index < -0.39 is 0 Å². The normalized spacial score (nSPS) is 14.8. The molecule has 0 radical (unpaired) electrons. The number of nitrogens with zero attached hydrogens (tertiary/aromatic N) is 3. The maximum absolute atomic E-state index is 4.55. The first kappa shape index (κ1) is 18.4. The maximum atomic E-state index is 4.55. The Balaban J connectivity index is 1.76. The second-order valence-corrected chi connectivity index (χ2v) is 8.07. The van der Waals surface area contributed by atoms with Crippen molar-refractivity contribution in [3.8, 4) is 0 Å². The van der Waals surface area contributed by atoms with Gasteiger partial charge in [-0.25, -0.2) is 4.98 Å². The molecule has 0 fully saturated rings. The zero-order valence-corrected chi connectivity index (χ0v) is 17.2. The zero-order chi connectivity index (χ0) is 19.7. The van der Waals surface area contributed by atoms with Crippen LogP contribution in [0.3, 0.4) is 0 Å². The molecule has 0 aliphatic carbocycles. The summed E-state index contributed by atoms with van der Waals surface area (Å²) in [5.41, 5.74) is 5.86. The van der Waals surface area contributed by atoms with Crippen molar-refractivity contribution < 1.29 is 0 Å². The van der Waals surface area contributed by atoms with E-state index in [0.717, 1.165) is 22.0 Å². The largest absolute Gasteiger partial charge is 0.341 e. The van der Waals surface area contributed by atoms with Gasteiger partial charge in [0.1, 0.15) is 0 Å². The van der Waals surface area contributed by atoms with E-state index in [1.54, 1.807) is 11.8 Å². The van der Waals surface area contributed by atoms with Crippen LogP contribution in [0.4, 0.5) is 5.69 Å². The van der Waals surface area contributed by atoms with Crippen molar-refractivity contribution in [3.63, 3.8) is 0 Å². The Hall–Kier alpha value is -2.98. The third kappa shape index (κ3) is 3.43. The first-order valence-corrected chi connectivity index (χ1v) is 10.0. The molecule has 0 unspecified atom stereocenters. The van der Waals surface area contributed by atoms with E-state index in [2.05, 4.69) is 91.1 Å². The number of aryl methyl sites for hydroxylation is 2. The SMILES string of the molecule is C=C(/C=C1\C=C(c2nccn2C)N(C)c2ccccc21)Sc1ccccc1C. The lowest BCUT2D eigenvalue weighted by Crippen LogP contribution is -2.22. The van der Waals surface area contributed by atoms with Gasteiger partial charge in [0.05, 0.1) is 5.70 Å². The summed E-state index contributed by atoms with van der Waals surface area (Å²) in [4.78, 5) is 9.00. The fraction of sp³-hybridized carbons (Fsp3) is 0.125. The smallest absolute Gasteiger partial charge is 0.156 e. The number of hydrogen-bond acceptors (Lipinski definition) is 3. The summed E-state index contributed by atoms with van der Waals surface area (Å²) < 4.78 is 2.05. The van der Waals surface area contributed by atoms with Crippen molar-refractivity contribution in [1.82, 2.24) is 9.55 Å². The first-order valence-electron chi connectivity index (χ1n) is 9.21. The van der Waals surface area contributed by atoms with Gasteiger partial charge in [-0.05, 0) is 42.3 Å². The first-order chi connectivity index (χ1) is 13.5. The van der Waals surface area contributed by atoms with E-state index in [0.29, 0.717) is 0 Å². The Bertz CT molecular complexity index is 1100. The Morgan fingerprint density at radius 1 is 1.07 bits per heavy atom. The number of hydrogen-bond donors (Lipinski definition) is 0. The summed E-state index contributed by atoms with van der Waals surface area (Å²) in [7, 11) is 4.11. The lowest BCUT2D eigenvalue weighted by molar-refractivity contribution is 0.880. The summed E-state index contributed by atoms with van der Waals surface area (Å²) in [6, 6.07) is 16.9. The van der Waals surface area contributed by atoms with Gasteiger partial charge in [0, 0.05) is 47.5 Å². The molecule has 28 heavy (non-hydrogen) atoms. The van der Waals surface area contributed by atoms with Crippen LogP contribution in [-0.4, -0.2) is 16.6 Å². The van der Waals surface area contributed by atoms with E-state index in [-0.39, 0.29) is 0 Å². The predicted octanol–water partition coefficient (Wildman–Crippen LogP) is 5.91. The van der Waals surface area contributed by atoms with Gasteiger partial charge in [-0.2, -0.15) is 0 Å². The molecule has 0 amide bonds. The molecule has 3 nitrogen and oxygen atoms in total. The van der Waals surface area contributed by atoms with E-state index in [9.17, 15) is 0 Å². The topological polar surface area (TPSA) is 21.1 Å². The van der Waals surface area contributed by atoms with Crippen LogP contribution in [-0.2, 0) is 7.05 Å². The highest BCUT2D eigenvalue weighted by Crippen LogP contribution is 2.40. The van der Waals surface area contributed by atoms with E-state index in [4.69, 9.17) is 0 Å². The molecule has 1 aliphatic heterocycles. The maximum Gasteiger partial charge on any atom is 0.156 e. The minimum absolute atomic E-state index is 0.945. The predicted molar refractivity (Wildman–Crippen MR) is 120 cm³/mol. The molecule has 4 rings (SSSR count). The van der Waals surface area contributed by atoms with Gasteiger partial charge in [-0.1, -0.05) is 54.7 Å². The number of anilines is 1. The Morgan fingerprint density at radius 3 is 2.57 bits per heavy atom. The van der Waals surface area contributed by atoms with Crippen molar-refractivity contribution in [2.45, 2.75) is 11.8 Å². The van der Waals surface area contributed by atoms with Gasteiger partial charge in [0.25, 0.3) is 0 Å². The molecule has 3 aromatic rings. The summed E-state index contributed by atoms with van der Waals surface area (Å²) in [6.45, 7) is 6.44. The Labute approximate surface area is 170 Å². The number of aromatic nitrogens is 2. The number of benzene rings is 2. The van der Waals surface area contributed by atoms with Gasteiger partial charge < -0.3 is 9.47 Å². The second-order valence-electron chi connectivity index (χ2n) is 6.90. The molecule has 0 saturated heterocycles. The number of para-hydroxylation sites is 1. The van der Waals surface area contributed by atoms with Crippen molar-refractivity contribution in [2.24, 2.45) is 7.05 Å². The Kier molecular flexibility index (Phi) is 4.97. The van der Waals surface area contributed by atoms with Gasteiger partial charge in [-0.15, -0.1) is 0 Å². The summed E-state index contributed by atoms with van der Waals surface area (Å²) >= 11 is 1.71. The van der Waals surface area contributed by atoms with Crippen LogP contribution in [0.1, 0.15) is 17.0 Å². The van der Waals surface area contributed by atoms with Crippen molar-refractivity contribution in [2.75, 3.05) is 11.9 Å². The molecule has 1 aliphatic rings. The third-order valence-electron chi connectivity index (χ3n) is 4.93. The number of imidazole rings is 1. The van der Waals surface area contributed by atoms with Crippen LogP contribution in [0.15, 0.2) is 89.5 Å². The fourth-order valence-electron chi connectivity index (χ4n) is 3.42.